The summed E-state index contributed by atoms with van der Waals surface area (Å²) in [5.74, 6) is -0.310. The van der Waals surface area contributed by atoms with Gasteiger partial charge in [0.2, 0.25) is 0 Å². The van der Waals surface area contributed by atoms with E-state index in [0.29, 0.717) is 14.7 Å². The lowest BCUT2D eigenvalue weighted by atomic mass is 10.2. The van der Waals surface area contributed by atoms with Crippen molar-refractivity contribution < 1.29 is 14.6 Å². The second-order valence-electron chi connectivity index (χ2n) is 3.79. The van der Waals surface area contributed by atoms with E-state index >= 15 is 0 Å². The van der Waals surface area contributed by atoms with E-state index in [0.717, 1.165) is 12.8 Å². The average Bonchev–Trinajstić information content (AvgIpc) is 2.23. The number of benzene rings is 1. The van der Waals surface area contributed by atoms with Crippen LogP contribution in [0.1, 0.15) is 37.0 Å². The molecule has 0 heterocycles. The van der Waals surface area contributed by atoms with Gasteiger partial charge in [0.1, 0.15) is 5.75 Å². The van der Waals surface area contributed by atoms with Crippen LogP contribution >= 0.6 is 31.9 Å². The van der Waals surface area contributed by atoms with Crippen molar-refractivity contribution in [3.63, 3.8) is 0 Å². The van der Waals surface area contributed by atoms with Crippen LogP contribution in [-0.2, 0) is 0 Å². The van der Waals surface area contributed by atoms with Gasteiger partial charge in [0.25, 0.3) is 0 Å². The van der Waals surface area contributed by atoms with Gasteiger partial charge in [-0.15, -0.1) is 0 Å². The summed E-state index contributed by atoms with van der Waals surface area (Å²) in [7, 11) is 0. The Hall–Kier alpha value is -0.550. The number of carbonyl (C=O) groups is 1. The minimum absolute atomic E-state index is 0.100. The Morgan fingerprint density at radius 3 is 2.35 bits per heavy atom. The van der Waals surface area contributed by atoms with Crippen molar-refractivity contribution in [2.24, 2.45) is 0 Å². The van der Waals surface area contributed by atoms with Crippen molar-refractivity contribution in [2.75, 3.05) is 0 Å². The summed E-state index contributed by atoms with van der Waals surface area (Å²) in [6.45, 7) is 4.09. The Morgan fingerprint density at radius 2 is 1.94 bits per heavy atom. The Kier molecular flexibility index (Phi) is 5.46. The molecule has 1 unspecified atom stereocenters. The first-order valence-electron chi connectivity index (χ1n) is 5.34. The highest BCUT2D eigenvalue weighted by Crippen LogP contribution is 2.35. The lowest BCUT2D eigenvalue weighted by Gasteiger charge is -2.16. The van der Waals surface area contributed by atoms with Gasteiger partial charge in [-0.2, -0.15) is 0 Å². The third-order valence-electron chi connectivity index (χ3n) is 2.26. The molecule has 0 amide bonds. The normalized spacial score (nSPS) is 12.2. The van der Waals surface area contributed by atoms with Crippen LogP contribution in [-0.4, -0.2) is 17.2 Å². The number of carboxylic acid groups (broad SMARTS) is 1. The maximum atomic E-state index is 10.9. The van der Waals surface area contributed by atoms with E-state index < -0.39 is 5.97 Å². The van der Waals surface area contributed by atoms with E-state index in [1.54, 1.807) is 12.1 Å². The minimum atomic E-state index is -0.959. The van der Waals surface area contributed by atoms with Crippen LogP contribution in [0.5, 0.6) is 5.75 Å². The third-order valence-corrected chi connectivity index (χ3v) is 3.44. The molecule has 1 N–H and O–H groups in total. The molecule has 0 aliphatic heterocycles. The molecule has 0 saturated carbocycles. The van der Waals surface area contributed by atoms with E-state index in [1.807, 2.05) is 6.92 Å². The van der Waals surface area contributed by atoms with Crippen LogP contribution in [0.3, 0.4) is 0 Å². The fraction of sp³-hybridized carbons (Fsp3) is 0.417. The molecular formula is C12H14Br2O3. The van der Waals surface area contributed by atoms with Gasteiger partial charge in [0.15, 0.2) is 0 Å². The lowest BCUT2D eigenvalue weighted by molar-refractivity contribution is 0.0696. The van der Waals surface area contributed by atoms with Crippen molar-refractivity contribution in [2.45, 2.75) is 32.8 Å². The van der Waals surface area contributed by atoms with Crippen molar-refractivity contribution in [1.29, 1.82) is 0 Å². The number of halogens is 2. The maximum absolute atomic E-state index is 10.9. The zero-order valence-corrected chi connectivity index (χ0v) is 12.8. The van der Waals surface area contributed by atoms with Crippen LogP contribution in [0.15, 0.2) is 21.1 Å². The first kappa shape index (κ1) is 14.5. The second-order valence-corrected chi connectivity index (χ2v) is 5.50. The van der Waals surface area contributed by atoms with Crippen molar-refractivity contribution >= 4 is 37.8 Å². The molecule has 0 aliphatic rings. The Balaban J connectivity index is 2.97. The molecule has 3 nitrogen and oxygen atoms in total. The first-order valence-corrected chi connectivity index (χ1v) is 6.93. The molecule has 94 valence electrons. The van der Waals surface area contributed by atoms with Gasteiger partial charge in [0.05, 0.1) is 20.6 Å². The maximum Gasteiger partial charge on any atom is 0.335 e. The van der Waals surface area contributed by atoms with Crippen molar-refractivity contribution in [1.82, 2.24) is 0 Å². The quantitative estimate of drug-likeness (QED) is 0.836. The van der Waals surface area contributed by atoms with Crippen LogP contribution in [0.4, 0.5) is 0 Å². The summed E-state index contributed by atoms with van der Waals surface area (Å²) >= 11 is 6.66. The van der Waals surface area contributed by atoms with E-state index in [9.17, 15) is 4.79 Å². The Morgan fingerprint density at radius 1 is 1.41 bits per heavy atom. The lowest BCUT2D eigenvalue weighted by Crippen LogP contribution is -2.12. The summed E-state index contributed by atoms with van der Waals surface area (Å²) in [4.78, 5) is 10.9. The highest BCUT2D eigenvalue weighted by atomic mass is 79.9. The Bertz CT molecular complexity index is 395. The summed E-state index contributed by atoms with van der Waals surface area (Å²) in [6, 6.07) is 3.09. The molecule has 0 spiro atoms. The highest BCUT2D eigenvalue weighted by molar-refractivity contribution is 9.11. The van der Waals surface area contributed by atoms with Gasteiger partial charge in [-0.25, -0.2) is 4.79 Å². The SMILES string of the molecule is CCCC(C)Oc1c(Br)cc(C(=O)O)cc1Br. The predicted molar refractivity (Wildman–Crippen MR) is 73.8 cm³/mol. The molecule has 1 rings (SSSR count). The minimum Gasteiger partial charge on any atom is -0.488 e. The zero-order chi connectivity index (χ0) is 13.0. The molecule has 1 atom stereocenters. The van der Waals surface area contributed by atoms with E-state index in [1.165, 1.54) is 0 Å². The van der Waals surface area contributed by atoms with Crippen molar-refractivity contribution in [3.8, 4) is 5.75 Å². The highest BCUT2D eigenvalue weighted by Gasteiger charge is 2.14. The molecule has 1 aromatic carbocycles. The molecule has 1 aromatic rings. The number of carboxylic acids is 1. The largest absolute Gasteiger partial charge is 0.488 e. The monoisotopic (exact) mass is 364 g/mol. The molecule has 0 radical (unpaired) electrons. The molecule has 0 aliphatic carbocycles. The van der Waals surface area contributed by atoms with Gasteiger partial charge in [0, 0.05) is 0 Å². The average molecular weight is 366 g/mol. The van der Waals surface area contributed by atoms with E-state index in [2.05, 4.69) is 38.8 Å². The van der Waals surface area contributed by atoms with Gasteiger partial charge in [-0.3, -0.25) is 0 Å². The van der Waals surface area contributed by atoms with Crippen LogP contribution in [0, 0.1) is 0 Å². The zero-order valence-electron chi connectivity index (χ0n) is 9.67. The summed E-state index contributed by atoms with van der Waals surface area (Å²) in [5.41, 5.74) is 0.222. The summed E-state index contributed by atoms with van der Waals surface area (Å²) in [6.07, 6.45) is 2.10. The van der Waals surface area contributed by atoms with Gasteiger partial charge < -0.3 is 9.84 Å². The van der Waals surface area contributed by atoms with Crippen molar-refractivity contribution in [3.05, 3.63) is 26.6 Å². The van der Waals surface area contributed by atoms with Gasteiger partial charge in [-0.05, 0) is 57.3 Å². The van der Waals surface area contributed by atoms with Crippen LogP contribution < -0.4 is 4.74 Å². The molecule has 0 fully saturated rings. The van der Waals surface area contributed by atoms with Crippen LogP contribution in [0.25, 0.3) is 0 Å². The number of hydrogen-bond acceptors (Lipinski definition) is 2. The fourth-order valence-corrected chi connectivity index (χ4v) is 2.84. The number of rotatable bonds is 5. The second kappa shape index (κ2) is 6.40. The summed E-state index contributed by atoms with van der Waals surface area (Å²) in [5, 5.41) is 8.91. The predicted octanol–water partition coefficient (Wildman–Crippen LogP) is 4.48. The first-order chi connectivity index (χ1) is 7.95. The smallest absolute Gasteiger partial charge is 0.335 e. The topological polar surface area (TPSA) is 46.5 Å². The third kappa shape index (κ3) is 4.00. The van der Waals surface area contributed by atoms with Gasteiger partial charge >= 0.3 is 5.97 Å². The number of aromatic carboxylic acids is 1. The number of hydrogen-bond donors (Lipinski definition) is 1. The van der Waals surface area contributed by atoms with E-state index in [-0.39, 0.29) is 11.7 Å². The van der Waals surface area contributed by atoms with E-state index in [4.69, 9.17) is 9.84 Å². The summed E-state index contributed by atoms with van der Waals surface area (Å²) < 4.78 is 7.06. The van der Waals surface area contributed by atoms with Gasteiger partial charge in [-0.1, -0.05) is 13.3 Å². The molecule has 0 bridgehead atoms. The standard InChI is InChI=1S/C12H14Br2O3/c1-3-4-7(2)17-11-9(13)5-8(12(15)16)6-10(11)14/h5-7H,3-4H2,1-2H3,(H,15,16). The molecule has 0 saturated heterocycles. The molecule has 0 aromatic heterocycles. The number of ether oxygens (including phenoxy) is 1. The molecule has 5 heteroatoms. The fourth-order valence-electron chi connectivity index (χ4n) is 1.46. The molecule has 17 heavy (non-hydrogen) atoms. The Labute approximate surface area is 117 Å². The van der Waals surface area contributed by atoms with Crippen LogP contribution in [0.2, 0.25) is 0 Å². The molecular weight excluding hydrogens is 352 g/mol.